The Balaban J connectivity index is 1.85. The molecule has 0 amide bonds. The third kappa shape index (κ3) is 4.51. The number of unbranched alkanes of at least 4 members (excludes halogenated alkanes) is 2. The van der Waals surface area contributed by atoms with E-state index in [1.807, 2.05) is 0 Å². The van der Waals surface area contributed by atoms with Crippen molar-refractivity contribution in [2.45, 2.75) is 57.4 Å². The lowest BCUT2D eigenvalue weighted by Crippen LogP contribution is -2.23. The third-order valence-electron chi connectivity index (χ3n) is 3.66. The van der Waals surface area contributed by atoms with Crippen molar-refractivity contribution in [3.63, 3.8) is 0 Å². The monoisotopic (exact) mass is 231 g/mol. The van der Waals surface area contributed by atoms with Crippen molar-refractivity contribution in [3.8, 4) is 0 Å². The molecule has 1 atom stereocenters. The van der Waals surface area contributed by atoms with E-state index in [1.165, 1.54) is 50.6 Å². The topological polar surface area (TPSA) is 12.0 Å². The van der Waals surface area contributed by atoms with Gasteiger partial charge < -0.3 is 5.32 Å². The second kappa shape index (κ2) is 6.80. The van der Waals surface area contributed by atoms with Gasteiger partial charge >= 0.3 is 0 Å². The molecule has 0 radical (unpaired) electrons. The van der Waals surface area contributed by atoms with E-state index in [0.717, 1.165) is 6.04 Å². The molecule has 1 unspecified atom stereocenters. The van der Waals surface area contributed by atoms with E-state index < -0.39 is 0 Å². The normalized spacial score (nSPS) is 17.0. The fourth-order valence-corrected chi connectivity index (χ4v) is 2.35. The number of nitrogens with one attached hydrogen (secondary N) is 1. The van der Waals surface area contributed by atoms with Crippen molar-refractivity contribution in [2.24, 2.45) is 0 Å². The number of benzene rings is 1. The number of hydrogen-bond donors (Lipinski definition) is 1. The molecule has 1 aliphatic carbocycles. The molecular formula is C16H25N. The molecule has 1 heteroatoms. The summed E-state index contributed by atoms with van der Waals surface area (Å²) in [5.41, 5.74) is 1.51. The van der Waals surface area contributed by atoms with Gasteiger partial charge in [-0.25, -0.2) is 0 Å². The zero-order valence-electron chi connectivity index (χ0n) is 11.0. The Kier molecular flexibility index (Phi) is 5.06. The second-order valence-electron chi connectivity index (χ2n) is 5.29. The highest BCUT2D eigenvalue weighted by Crippen LogP contribution is 2.24. The first-order chi connectivity index (χ1) is 8.40. The summed E-state index contributed by atoms with van der Waals surface area (Å²) < 4.78 is 0. The molecule has 17 heavy (non-hydrogen) atoms. The van der Waals surface area contributed by atoms with Crippen molar-refractivity contribution >= 4 is 0 Å². The van der Waals surface area contributed by atoms with Gasteiger partial charge in [0.15, 0.2) is 0 Å². The molecule has 0 aromatic heterocycles. The predicted molar refractivity (Wildman–Crippen MR) is 74.3 cm³/mol. The lowest BCUT2D eigenvalue weighted by molar-refractivity contribution is 0.518. The van der Waals surface area contributed by atoms with E-state index in [9.17, 15) is 0 Å². The van der Waals surface area contributed by atoms with E-state index in [0.29, 0.717) is 5.92 Å². The SMILES string of the molecule is CCCCCC(CNC1CC1)c1ccccc1. The summed E-state index contributed by atoms with van der Waals surface area (Å²) in [5.74, 6) is 0.711. The van der Waals surface area contributed by atoms with E-state index >= 15 is 0 Å². The first-order valence-electron chi connectivity index (χ1n) is 7.18. The van der Waals surface area contributed by atoms with Crippen LogP contribution >= 0.6 is 0 Å². The Hall–Kier alpha value is -0.820. The highest BCUT2D eigenvalue weighted by molar-refractivity contribution is 5.19. The average Bonchev–Trinajstić information content (AvgIpc) is 3.19. The van der Waals surface area contributed by atoms with Crippen LogP contribution in [-0.2, 0) is 0 Å². The highest BCUT2D eigenvalue weighted by Gasteiger charge is 2.22. The fraction of sp³-hybridized carbons (Fsp3) is 0.625. The Labute approximate surface area is 106 Å². The van der Waals surface area contributed by atoms with Gasteiger partial charge in [-0.3, -0.25) is 0 Å². The van der Waals surface area contributed by atoms with Crippen molar-refractivity contribution in [3.05, 3.63) is 35.9 Å². The van der Waals surface area contributed by atoms with Crippen LogP contribution in [0.2, 0.25) is 0 Å². The van der Waals surface area contributed by atoms with Crippen LogP contribution in [0, 0.1) is 0 Å². The minimum absolute atomic E-state index is 0.711. The van der Waals surface area contributed by atoms with Crippen LogP contribution in [0.5, 0.6) is 0 Å². The summed E-state index contributed by atoms with van der Waals surface area (Å²) in [4.78, 5) is 0. The number of rotatable bonds is 8. The zero-order valence-corrected chi connectivity index (χ0v) is 11.0. The van der Waals surface area contributed by atoms with Crippen molar-refractivity contribution in [1.29, 1.82) is 0 Å². The second-order valence-corrected chi connectivity index (χ2v) is 5.29. The maximum atomic E-state index is 3.68. The summed E-state index contributed by atoms with van der Waals surface area (Å²) in [6.45, 7) is 3.44. The maximum absolute atomic E-state index is 3.68. The summed E-state index contributed by atoms with van der Waals surface area (Å²) >= 11 is 0. The molecule has 1 nitrogen and oxygen atoms in total. The van der Waals surface area contributed by atoms with E-state index in [4.69, 9.17) is 0 Å². The smallest absolute Gasteiger partial charge is 0.00684 e. The molecule has 1 aromatic rings. The lowest BCUT2D eigenvalue weighted by atomic mass is 9.93. The molecule has 94 valence electrons. The molecule has 0 heterocycles. The summed E-state index contributed by atoms with van der Waals surface area (Å²) in [6.07, 6.45) is 8.15. The van der Waals surface area contributed by atoms with Crippen molar-refractivity contribution in [1.82, 2.24) is 5.32 Å². The van der Waals surface area contributed by atoms with Crippen LogP contribution in [0.15, 0.2) is 30.3 Å². The van der Waals surface area contributed by atoms with E-state index in [1.54, 1.807) is 0 Å². The van der Waals surface area contributed by atoms with Crippen LogP contribution in [0.1, 0.15) is 56.9 Å². The minimum atomic E-state index is 0.711. The van der Waals surface area contributed by atoms with E-state index in [2.05, 4.69) is 42.6 Å². The molecule has 0 bridgehead atoms. The van der Waals surface area contributed by atoms with Gasteiger partial charge in [-0.1, -0.05) is 56.5 Å². The van der Waals surface area contributed by atoms with Gasteiger partial charge in [-0.15, -0.1) is 0 Å². The molecule has 2 rings (SSSR count). The quantitative estimate of drug-likeness (QED) is 0.664. The Morgan fingerprint density at radius 3 is 2.59 bits per heavy atom. The van der Waals surface area contributed by atoms with Gasteiger partial charge in [-0.2, -0.15) is 0 Å². The molecule has 1 aromatic carbocycles. The standard InChI is InChI=1S/C16H25N/c1-2-3-5-10-15(13-17-16-11-12-16)14-8-6-4-7-9-14/h4,6-9,15-17H,2-3,5,10-13H2,1H3. The molecule has 0 aliphatic heterocycles. The molecule has 0 saturated heterocycles. The molecule has 1 N–H and O–H groups in total. The van der Waals surface area contributed by atoms with Crippen molar-refractivity contribution < 1.29 is 0 Å². The summed E-state index contributed by atoms with van der Waals surface area (Å²) in [6, 6.07) is 11.8. The summed E-state index contributed by atoms with van der Waals surface area (Å²) in [7, 11) is 0. The maximum Gasteiger partial charge on any atom is 0.00684 e. The van der Waals surface area contributed by atoms with Crippen LogP contribution in [0.25, 0.3) is 0 Å². The first kappa shape index (κ1) is 12.6. The first-order valence-corrected chi connectivity index (χ1v) is 7.18. The van der Waals surface area contributed by atoms with Crippen LogP contribution in [-0.4, -0.2) is 12.6 Å². The molecular weight excluding hydrogens is 206 g/mol. The van der Waals surface area contributed by atoms with Crippen LogP contribution < -0.4 is 5.32 Å². The molecule has 0 spiro atoms. The van der Waals surface area contributed by atoms with Gasteiger partial charge in [0.2, 0.25) is 0 Å². The van der Waals surface area contributed by atoms with Gasteiger partial charge in [0.25, 0.3) is 0 Å². The lowest BCUT2D eigenvalue weighted by Gasteiger charge is -2.18. The van der Waals surface area contributed by atoms with Gasteiger partial charge in [0, 0.05) is 12.6 Å². The van der Waals surface area contributed by atoms with Gasteiger partial charge in [-0.05, 0) is 30.7 Å². The predicted octanol–water partition coefficient (Wildman–Crippen LogP) is 4.10. The Bertz CT molecular complexity index is 303. The molecule has 1 saturated carbocycles. The summed E-state index contributed by atoms with van der Waals surface area (Å²) in [5, 5.41) is 3.68. The highest BCUT2D eigenvalue weighted by atomic mass is 14.9. The molecule has 1 aliphatic rings. The zero-order chi connectivity index (χ0) is 11.9. The van der Waals surface area contributed by atoms with Gasteiger partial charge in [0.1, 0.15) is 0 Å². The van der Waals surface area contributed by atoms with Crippen molar-refractivity contribution in [2.75, 3.05) is 6.54 Å². The number of hydrogen-bond acceptors (Lipinski definition) is 1. The van der Waals surface area contributed by atoms with Crippen LogP contribution in [0.4, 0.5) is 0 Å². The fourth-order valence-electron chi connectivity index (χ4n) is 2.35. The third-order valence-corrected chi connectivity index (χ3v) is 3.66. The van der Waals surface area contributed by atoms with Gasteiger partial charge in [0.05, 0.1) is 0 Å². The Morgan fingerprint density at radius 2 is 1.94 bits per heavy atom. The molecule has 1 fully saturated rings. The average molecular weight is 231 g/mol. The minimum Gasteiger partial charge on any atom is -0.313 e. The Morgan fingerprint density at radius 1 is 1.18 bits per heavy atom. The van der Waals surface area contributed by atoms with E-state index in [-0.39, 0.29) is 0 Å². The van der Waals surface area contributed by atoms with Crippen LogP contribution in [0.3, 0.4) is 0 Å². The largest absolute Gasteiger partial charge is 0.313 e.